The first kappa shape index (κ1) is 17.5. The minimum atomic E-state index is -0.302. The summed E-state index contributed by atoms with van der Waals surface area (Å²) in [5, 5.41) is 0. The molecule has 116 valence electrons. The molecule has 0 aliphatic carbocycles. The third-order valence-electron chi connectivity index (χ3n) is 3.60. The van der Waals surface area contributed by atoms with Gasteiger partial charge in [-0.05, 0) is 12.0 Å². The number of hydrogen-bond donors (Lipinski definition) is 0. The fraction of sp³-hybridized carbons (Fsp3) is 0.526. The first-order valence-electron chi connectivity index (χ1n) is 8.17. The maximum absolute atomic E-state index is 11.8. The zero-order chi connectivity index (χ0) is 15.3. The summed E-state index contributed by atoms with van der Waals surface area (Å²) in [6.45, 7) is 6.54. The highest BCUT2D eigenvalue weighted by atomic mass is 16.5. The Hall–Kier alpha value is -1.57. The minimum absolute atomic E-state index is 0.302. The van der Waals surface area contributed by atoms with Crippen LogP contribution in [0.2, 0.25) is 0 Å². The van der Waals surface area contributed by atoms with Crippen LogP contribution in [0, 0.1) is 0 Å². The molecule has 0 unspecified atom stereocenters. The van der Waals surface area contributed by atoms with Gasteiger partial charge in [-0.25, -0.2) is 4.79 Å². The van der Waals surface area contributed by atoms with E-state index in [0.29, 0.717) is 12.2 Å². The quantitative estimate of drug-likeness (QED) is 0.310. The molecule has 0 saturated heterocycles. The topological polar surface area (TPSA) is 26.3 Å². The van der Waals surface area contributed by atoms with Crippen LogP contribution in [0.4, 0.5) is 0 Å². The van der Waals surface area contributed by atoms with Gasteiger partial charge in [0.1, 0.15) is 0 Å². The average molecular weight is 288 g/mol. The molecular formula is C19H28O2. The van der Waals surface area contributed by atoms with Gasteiger partial charge in [0.05, 0.1) is 12.2 Å². The summed E-state index contributed by atoms with van der Waals surface area (Å²) in [4.78, 5) is 11.8. The van der Waals surface area contributed by atoms with Gasteiger partial charge in [-0.2, -0.15) is 0 Å². The Morgan fingerprint density at radius 2 is 1.52 bits per heavy atom. The van der Waals surface area contributed by atoms with Crippen molar-refractivity contribution in [3.63, 3.8) is 0 Å². The first-order chi connectivity index (χ1) is 10.3. The molecule has 0 fully saturated rings. The van der Waals surface area contributed by atoms with E-state index in [9.17, 15) is 4.79 Å². The van der Waals surface area contributed by atoms with E-state index in [0.717, 1.165) is 18.4 Å². The molecule has 1 aromatic carbocycles. The largest absolute Gasteiger partial charge is 0.462 e. The van der Waals surface area contributed by atoms with Gasteiger partial charge in [0, 0.05) is 0 Å². The van der Waals surface area contributed by atoms with Gasteiger partial charge < -0.3 is 4.74 Å². The van der Waals surface area contributed by atoms with Crippen molar-refractivity contribution in [3.8, 4) is 0 Å². The van der Waals surface area contributed by atoms with E-state index in [-0.39, 0.29) is 5.97 Å². The number of hydrogen-bond acceptors (Lipinski definition) is 2. The summed E-state index contributed by atoms with van der Waals surface area (Å²) >= 11 is 0. The van der Waals surface area contributed by atoms with Gasteiger partial charge >= 0.3 is 5.97 Å². The predicted octanol–water partition coefficient (Wildman–Crippen LogP) is 5.38. The van der Waals surface area contributed by atoms with E-state index >= 15 is 0 Å². The second-order valence-electron chi connectivity index (χ2n) is 5.46. The fourth-order valence-corrected chi connectivity index (χ4v) is 2.25. The van der Waals surface area contributed by atoms with Crippen LogP contribution in [0.15, 0.2) is 36.9 Å². The van der Waals surface area contributed by atoms with Gasteiger partial charge in [-0.3, -0.25) is 0 Å². The number of carbonyl (C=O) groups excluding carboxylic acids is 1. The molecule has 1 rings (SSSR count). The number of ether oxygens (including phenoxy) is 1. The van der Waals surface area contributed by atoms with Crippen molar-refractivity contribution < 1.29 is 9.53 Å². The van der Waals surface area contributed by atoms with E-state index in [2.05, 4.69) is 13.5 Å². The molecule has 0 aliphatic rings. The van der Waals surface area contributed by atoms with Gasteiger partial charge in [0.2, 0.25) is 0 Å². The molecule has 0 heterocycles. The molecule has 0 N–H and O–H groups in total. The standard InChI is InChI=1S/C19H28O2/c1-3-4-5-6-7-8-9-13-16-21-19(20)17(2)18-14-11-10-12-15-18/h10-12,14-15H,2-9,13,16H2,1H3. The molecule has 0 saturated carbocycles. The lowest BCUT2D eigenvalue weighted by Crippen LogP contribution is -2.07. The Bertz CT molecular complexity index is 409. The van der Waals surface area contributed by atoms with Crippen LogP contribution in [0.3, 0.4) is 0 Å². The molecule has 0 aliphatic heterocycles. The summed E-state index contributed by atoms with van der Waals surface area (Å²) < 4.78 is 5.26. The smallest absolute Gasteiger partial charge is 0.338 e. The molecular weight excluding hydrogens is 260 g/mol. The Morgan fingerprint density at radius 3 is 2.14 bits per heavy atom. The molecule has 0 amide bonds. The number of esters is 1. The Labute approximate surface area is 129 Å². The summed E-state index contributed by atoms with van der Waals surface area (Å²) in [6.07, 6.45) is 9.94. The predicted molar refractivity (Wildman–Crippen MR) is 89.0 cm³/mol. The summed E-state index contributed by atoms with van der Waals surface area (Å²) in [7, 11) is 0. The van der Waals surface area contributed by atoms with E-state index in [1.165, 1.54) is 38.5 Å². The van der Waals surface area contributed by atoms with Crippen LogP contribution in [0.5, 0.6) is 0 Å². The third kappa shape index (κ3) is 7.69. The molecule has 21 heavy (non-hydrogen) atoms. The van der Waals surface area contributed by atoms with Gasteiger partial charge in [-0.15, -0.1) is 0 Å². The Kier molecular flexibility index (Phi) is 9.26. The molecule has 0 atom stereocenters. The van der Waals surface area contributed by atoms with Crippen molar-refractivity contribution in [2.45, 2.75) is 58.3 Å². The number of benzene rings is 1. The lowest BCUT2D eigenvalue weighted by molar-refractivity contribution is -0.136. The Morgan fingerprint density at radius 1 is 0.952 bits per heavy atom. The van der Waals surface area contributed by atoms with E-state index < -0.39 is 0 Å². The van der Waals surface area contributed by atoms with Crippen molar-refractivity contribution in [1.82, 2.24) is 0 Å². The second-order valence-corrected chi connectivity index (χ2v) is 5.46. The van der Waals surface area contributed by atoms with Crippen LogP contribution in [0.1, 0.15) is 63.9 Å². The monoisotopic (exact) mass is 288 g/mol. The fourth-order valence-electron chi connectivity index (χ4n) is 2.25. The highest BCUT2D eigenvalue weighted by Gasteiger charge is 2.09. The molecule has 0 bridgehead atoms. The van der Waals surface area contributed by atoms with Gasteiger partial charge in [0.25, 0.3) is 0 Å². The van der Waals surface area contributed by atoms with Crippen molar-refractivity contribution in [1.29, 1.82) is 0 Å². The van der Waals surface area contributed by atoms with E-state index in [4.69, 9.17) is 4.74 Å². The third-order valence-corrected chi connectivity index (χ3v) is 3.60. The van der Waals surface area contributed by atoms with Crippen molar-refractivity contribution in [2.75, 3.05) is 6.61 Å². The van der Waals surface area contributed by atoms with Crippen LogP contribution in [0.25, 0.3) is 5.57 Å². The maximum Gasteiger partial charge on any atom is 0.338 e. The van der Waals surface area contributed by atoms with Crippen molar-refractivity contribution >= 4 is 11.5 Å². The number of rotatable bonds is 11. The number of unbranched alkanes of at least 4 members (excludes halogenated alkanes) is 7. The lowest BCUT2D eigenvalue weighted by Gasteiger charge is -2.07. The highest BCUT2D eigenvalue weighted by molar-refractivity contribution is 6.15. The van der Waals surface area contributed by atoms with Crippen LogP contribution in [-0.4, -0.2) is 12.6 Å². The lowest BCUT2D eigenvalue weighted by atomic mass is 10.1. The SMILES string of the molecule is C=C(C(=O)OCCCCCCCCCC)c1ccccc1. The van der Waals surface area contributed by atoms with E-state index in [1.807, 2.05) is 30.3 Å². The van der Waals surface area contributed by atoms with Crippen LogP contribution >= 0.6 is 0 Å². The zero-order valence-electron chi connectivity index (χ0n) is 13.3. The van der Waals surface area contributed by atoms with Crippen LogP contribution < -0.4 is 0 Å². The maximum atomic E-state index is 11.8. The Balaban J connectivity index is 2.05. The van der Waals surface area contributed by atoms with E-state index in [1.54, 1.807) is 0 Å². The van der Waals surface area contributed by atoms with Gasteiger partial charge in [0.15, 0.2) is 0 Å². The molecule has 1 aromatic rings. The first-order valence-corrected chi connectivity index (χ1v) is 8.17. The van der Waals surface area contributed by atoms with Crippen molar-refractivity contribution in [3.05, 3.63) is 42.5 Å². The van der Waals surface area contributed by atoms with Crippen molar-refractivity contribution in [2.24, 2.45) is 0 Å². The molecule has 0 spiro atoms. The normalized spacial score (nSPS) is 10.3. The molecule has 2 heteroatoms. The molecule has 0 radical (unpaired) electrons. The summed E-state index contributed by atoms with van der Waals surface area (Å²) in [6, 6.07) is 9.46. The summed E-state index contributed by atoms with van der Waals surface area (Å²) in [5.41, 5.74) is 1.27. The zero-order valence-corrected chi connectivity index (χ0v) is 13.3. The summed E-state index contributed by atoms with van der Waals surface area (Å²) in [5.74, 6) is -0.302. The minimum Gasteiger partial charge on any atom is -0.462 e. The molecule has 0 aromatic heterocycles. The molecule has 2 nitrogen and oxygen atoms in total. The average Bonchev–Trinajstić information content (AvgIpc) is 2.53. The van der Waals surface area contributed by atoms with Crippen LogP contribution in [-0.2, 0) is 9.53 Å². The second kappa shape index (κ2) is 11.1. The van der Waals surface area contributed by atoms with Gasteiger partial charge in [-0.1, -0.05) is 88.8 Å². The highest BCUT2D eigenvalue weighted by Crippen LogP contribution is 2.14. The number of carbonyl (C=O) groups is 1.